The first kappa shape index (κ1) is 14.5. The molecule has 0 aromatic carbocycles. The molecule has 0 saturated carbocycles. The van der Waals surface area contributed by atoms with Gasteiger partial charge < -0.3 is 14.8 Å². The SMILES string of the molecule is CCCOc1nc(NC)nc(OCCC(C)C)n1. The van der Waals surface area contributed by atoms with Gasteiger partial charge in [-0.15, -0.1) is 4.98 Å². The highest BCUT2D eigenvalue weighted by Gasteiger charge is 2.07. The zero-order valence-electron chi connectivity index (χ0n) is 11.6. The van der Waals surface area contributed by atoms with Crippen molar-refractivity contribution >= 4 is 5.95 Å². The van der Waals surface area contributed by atoms with Crippen molar-refractivity contribution in [1.82, 2.24) is 15.0 Å². The van der Waals surface area contributed by atoms with Gasteiger partial charge in [-0.25, -0.2) is 0 Å². The van der Waals surface area contributed by atoms with Crippen molar-refractivity contribution in [3.05, 3.63) is 0 Å². The van der Waals surface area contributed by atoms with E-state index in [0.717, 1.165) is 12.8 Å². The van der Waals surface area contributed by atoms with Crippen LogP contribution < -0.4 is 14.8 Å². The van der Waals surface area contributed by atoms with Gasteiger partial charge in [-0.2, -0.15) is 9.97 Å². The number of aromatic nitrogens is 3. The molecule has 0 fully saturated rings. The third-order valence-electron chi connectivity index (χ3n) is 2.18. The summed E-state index contributed by atoms with van der Waals surface area (Å²) in [6.07, 6.45) is 1.87. The fourth-order valence-corrected chi connectivity index (χ4v) is 1.16. The van der Waals surface area contributed by atoms with Crippen LogP contribution in [0.1, 0.15) is 33.6 Å². The number of hydrogen-bond donors (Lipinski definition) is 1. The van der Waals surface area contributed by atoms with Gasteiger partial charge in [0.15, 0.2) is 0 Å². The average molecular weight is 254 g/mol. The highest BCUT2D eigenvalue weighted by Crippen LogP contribution is 2.13. The maximum Gasteiger partial charge on any atom is 0.324 e. The molecule has 0 spiro atoms. The third kappa shape index (κ3) is 5.16. The molecule has 0 atom stereocenters. The lowest BCUT2D eigenvalue weighted by molar-refractivity contribution is 0.250. The molecule has 18 heavy (non-hydrogen) atoms. The van der Waals surface area contributed by atoms with Crippen LogP contribution in [-0.4, -0.2) is 35.2 Å². The van der Waals surface area contributed by atoms with Crippen LogP contribution in [0, 0.1) is 5.92 Å². The van der Waals surface area contributed by atoms with Crippen LogP contribution in [0.4, 0.5) is 5.95 Å². The van der Waals surface area contributed by atoms with Crippen LogP contribution in [0.5, 0.6) is 12.0 Å². The minimum absolute atomic E-state index is 0.302. The molecule has 1 rings (SSSR count). The minimum atomic E-state index is 0.302. The Morgan fingerprint density at radius 2 is 1.67 bits per heavy atom. The Bertz CT molecular complexity index is 358. The van der Waals surface area contributed by atoms with Crippen LogP contribution in [0.3, 0.4) is 0 Å². The summed E-state index contributed by atoms with van der Waals surface area (Å²) in [5, 5.41) is 2.86. The molecule has 1 aromatic rings. The molecule has 0 aliphatic carbocycles. The summed E-state index contributed by atoms with van der Waals surface area (Å²) in [5.41, 5.74) is 0. The predicted molar refractivity (Wildman–Crippen MR) is 70.1 cm³/mol. The maximum atomic E-state index is 5.50. The lowest BCUT2D eigenvalue weighted by Gasteiger charge is -2.09. The van der Waals surface area contributed by atoms with Gasteiger partial charge >= 0.3 is 12.0 Å². The van der Waals surface area contributed by atoms with Crippen molar-refractivity contribution in [3.8, 4) is 12.0 Å². The lowest BCUT2D eigenvalue weighted by Crippen LogP contribution is -2.09. The Kier molecular flexibility index (Phi) is 6.18. The molecule has 102 valence electrons. The molecule has 0 saturated heterocycles. The second-order valence-electron chi connectivity index (χ2n) is 4.35. The first-order valence-corrected chi connectivity index (χ1v) is 6.35. The lowest BCUT2D eigenvalue weighted by atomic mass is 10.1. The molecular formula is C12H22N4O2. The normalized spacial score (nSPS) is 10.5. The average Bonchev–Trinajstić information content (AvgIpc) is 2.35. The topological polar surface area (TPSA) is 69.2 Å². The first-order chi connectivity index (χ1) is 8.65. The van der Waals surface area contributed by atoms with Gasteiger partial charge in [0, 0.05) is 7.05 Å². The van der Waals surface area contributed by atoms with E-state index in [-0.39, 0.29) is 0 Å². The summed E-state index contributed by atoms with van der Waals surface area (Å²) in [6, 6.07) is 0.608. The fraction of sp³-hybridized carbons (Fsp3) is 0.750. The Labute approximate surface area is 108 Å². The van der Waals surface area contributed by atoms with E-state index in [1.54, 1.807) is 7.05 Å². The van der Waals surface area contributed by atoms with Crippen molar-refractivity contribution < 1.29 is 9.47 Å². The van der Waals surface area contributed by atoms with Gasteiger partial charge in [0.25, 0.3) is 0 Å². The number of ether oxygens (including phenoxy) is 2. The summed E-state index contributed by atoms with van der Waals surface area (Å²) in [4.78, 5) is 12.3. The predicted octanol–water partition coefficient (Wildman–Crippen LogP) is 2.13. The standard InChI is InChI=1S/C12H22N4O2/c1-5-7-17-11-14-10(13-4)15-12(16-11)18-8-6-9(2)3/h9H,5-8H2,1-4H3,(H,13,14,15,16). The molecule has 6 nitrogen and oxygen atoms in total. The molecule has 0 bridgehead atoms. The maximum absolute atomic E-state index is 5.50. The summed E-state index contributed by atoms with van der Waals surface area (Å²) in [6.45, 7) is 7.49. The fourth-order valence-electron chi connectivity index (χ4n) is 1.16. The van der Waals surface area contributed by atoms with Gasteiger partial charge in [-0.3, -0.25) is 0 Å². The summed E-state index contributed by atoms with van der Waals surface area (Å²) < 4.78 is 10.9. The van der Waals surface area contributed by atoms with Gasteiger partial charge in [0.05, 0.1) is 13.2 Å². The monoisotopic (exact) mass is 254 g/mol. The molecule has 0 amide bonds. The second kappa shape index (κ2) is 7.68. The zero-order valence-corrected chi connectivity index (χ0v) is 11.6. The van der Waals surface area contributed by atoms with Crippen LogP contribution in [0.15, 0.2) is 0 Å². The summed E-state index contributed by atoms with van der Waals surface area (Å²) >= 11 is 0. The third-order valence-corrected chi connectivity index (χ3v) is 2.18. The van der Waals surface area contributed by atoms with Crippen LogP contribution in [-0.2, 0) is 0 Å². The highest BCUT2D eigenvalue weighted by molar-refractivity contribution is 5.26. The Balaban J connectivity index is 2.64. The number of rotatable bonds is 8. The molecule has 6 heteroatoms. The smallest absolute Gasteiger partial charge is 0.324 e. The number of anilines is 1. The number of hydrogen-bond acceptors (Lipinski definition) is 6. The van der Waals surface area contributed by atoms with Gasteiger partial charge in [0.1, 0.15) is 0 Å². The van der Waals surface area contributed by atoms with Crippen LogP contribution in [0.25, 0.3) is 0 Å². The molecule has 1 heterocycles. The van der Waals surface area contributed by atoms with Gasteiger partial charge in [-0.05, 0) is 18.8 Å². The first-order valence-electron chi connectivity index (χ1n) is 6.35. The molecule has 0 aliphatic heterocycles. The minimum Gasteiger partial charge on any atom is -0.463 e. The van der Waals surface area contributed by atoms with Gasteiger partial charge in [0.2, 0.25) is 5.95 Å². The Morgan fingerprint density at radius 3 is 2.17 bits per heavy atom. The van der Waals surface area contributed by atoms with E-state index < -0.39 is 0 Å². The van der Waals surface area contributed by atoms with E-state index in [1.165, 1.54) is 0 Å². The molecule has 1 N–H and O–H groups in total. The van der Waals surface area contributed by atoms with Crippen LogP contribution >= 0.6 is 0 Å². The Morgan fingerprint density at radius 1 is 1.06 bits per heavy atom. The van der Waals surface area contributed by atoms with Crippen molar-refractivity contribution in [2.75, 3.05) is 25.6 Å². The largest absolute Gasteiger partial charge is 0.463 e. The molecule has 0 unspecified atom stereocenters. The quantitative estimate of drug-likeness (QED) is 0.766. The van der Waals surface area contributed by atoms with E-state index in [9.17, 15) is 0 Å². The van der Waals surface area contributed by atoms with Crippen molar-refractivity contribution in [1.29, 1.82) is 0 Å². The molecular weight excluding hydrogens is 232 g/mol. The second-order valence-corrected chi connectivity index (χ2v) is 4.35. The van der Waals surface area contributed by atoms with E-state index in [4.69, 9.17) is 9.47 Å². The van der Waals surface area contributed by atoms with E-state index in [0.29, 0.717) is 37.1 Å². The van der Waals surface area contributed by atoms with Crippen LogP contribution in [0.2, 0.25) is 0 Å². The molecule has 0 aliphatic rings. The van der Waals surface area contributed by atoms with E-state index >= 15 is 0 Å². The van der Waals surface area contributed by atoms with Crippen molar-refractivity contribution in [2.24, 2.45) is 5.92 Å². The number of nitrogens with one attached hydrogen (secondary N) is 1. The molecule has 0 radical (unpaired) electrons. The van der Waals surface area contributed by atoms with Gasteiger partial charge in [-0.1, -0.05) is 20.8 Å². The summed E-state index contributed by atoms with van der Waals surface area (Å²) in [5.74, 6) is 1.04. The van der Waals surface area contributed by atoms with E-state index in [2.05, 4.69) is 34.1 Å². The zero-order chi connectivity index (χ0) is 13.4. The highest BCUT2D eigenvalue weighted by atomic mass is 16.5. The summed E-state index contributed by atoms with van der Waals surface area (Å²) in [7, 11) is 1.75. The van der Waals surface area contributed by atoms with Crippen molar-refractivity contribution in [2.45, 2.75) is 33.6 Å². The van der Waals surface area contributed by atoms with E-state index in [1.807, 2.05) is 6.92 Å². The molecule has 1 aromatic heterocycles. The number of nitrogens with zero attached hydrogens (tertiary/aromatic N) is 3. The Hall–Kier alpha value is -1.59. The van der Waals surface area contributed by atoms with Crippen molar-refractivity contribution in [3.63, 3.8) is 0 Å².